The summed E-state index contributed by atoms with van der Waals surface area (Å²) in [5.41, 5.74) is 2.30. The van der Waals surface area contributed by atoms with E-state index in [0.717, 1.165) is 11.3 Å². The van der Waals surface area contributed by atoms with E-state index in [1.165, 1.54) is 5.56 Å². The molecule has 1 atom stereocenters. The van der Waals surface area contributed by atoms with Gasteiger partial charge in [-0.1, -0.05) is 31.5 Å². The maximum absolute atomic E-state index is 10.2. The van der Waals surface area contributed by atoms with Gasteiger partial charge in [-0.25, -0.2) is 4.98 Å². The molecule has 0 aliphatic heterocycles. The van der Waals surface area contributed by atoms with E-state index in [9.17, 15) is 5.11 Å². The summed E-state index contributed by atoms with van der Waals surface area (Å²) in [5, 5.41) is 13.4. The van der Waals surface area contributed by atoms with Crippen molar-refractivity contribution in [1.82, 2.24) is 10.3 Å². The van der Waals surface area contributed by atoms with Gasteiger partial charge >= 0.3 is 0 Å². The number of nitrogens with zero attached hydrogens (tertiary/aromatic N) is 1. The second-order valence-corrected chi connectivity index (χ2v) is 6.13. The summed E-state index contributed by atoms with van der Waals surface area (Å²) < 4.78 is 5.51. The van der Waals surface area contributed by atoms with Crippen LogP contribution in [0.5, 0.6) is 0 Å². The Balaban J connectivity index is 1.93. The van der Waals surface area contributed by atoms with Crippen LogP contribution < -0.4 is 5.32 Å². The van der Waals surface area contributed by atoms with Crippen molar-refractivity contribution in [3.8, 4) is 11.5 Å². The molecule has 0 bridgehead atoms. The van der Waals surface area contributed by atoms with E-state index in [4.69, 9.17) is 4.42 Å². The van der Waals surface area contributed by atoms with Gasteiger partial charge in [-0.15, -0.1) is 0 Å². The second kappa shape index (κ2) is 6.41. The summed E-state index contributed by atoms with van der Waals surface area (Å²) in [7, 11) is 0. The van der Waals surface area contributed by atoms with Crippen molar-refractivity contribution in [2.45, 2.75) is 39.8 Å². The lowest BCUT2D eigenvalue weighted by Crippen LogP contribution is -2.41. The summed E-state index contributed by atoms with van der Waals surface area (Å²) in [4.78, 5) is 4.46. The maximum Gasteiger partial charge on any atom is 0.226 e. The number of hydrogen-bond acceptors (Lipinski definition) is 4. The number of rotatable bonds is 6. The number of nitrogens with one attached hydrogen (secondary N) is 1. The normalized spacial score (nSPS) is 14.4. The monoisotopic (exact) mass is 288 g/mol. The zero-order chi connectivity index (χ0) is 15.5. The molecule has 1 unspecified atom stereocenters. The van der Waals surface area contributed by atoms with Gasteiger partial charge in [0.2, 0.25) is 5.89 Å². The first kappa shape index (κ1) is 15.7. The van der Waals surface area contributed by atoms with Gasteiger partial charge in [0.1, 0.15) is 6.26 Å². The highest BCUT2D eigenvalue weighted by Crippen LogP contribution is 2.19. The summed E-state index contributed by atoms with van der Waals surface area (Å²) >= 11 is 0. The fraction of sp³-hybridized carbons (Fsp3) is 0.471. The number of hydrogen-bond donors (Lipinski definition) is 2. The molecule has 0 aliphatic rings. The fourth-order valence-corrected chi connectivity index (χ4v) is 1.86. The molecule has 0 aliphatic carbocycles. The Morgan fingerprint density at radius 1 is 1.29 bits per heavy atom. The predicted molar refractivity (Wildman–Crippen MR) is 83.8 cm³/mol. The van der Waals surface area contributed by atoms with Crippen LogP contribution in [0.2, 0.25) is 0 Å². The first-order valence-corrected chi connectivity index (χ1v) is 7.33. The lowest BCUT2D eigenvalue weighted by molar-refractivity contribution is 0.0139. The molecule has 1 heterocycles. The number of aliphatic hydroxyl groups is 1. The number of benzene rings is 1. The van der Waals surface area contributed by atoms with Crippen molar-refractivity contribution < 1.29 is 9.52 Å². The van der Waals surface area contributed by atoms with Crippen molar-refractivity contribution in [2.24, 2.45) is 5.92 Å². The lowest BCUT2D eigenvalue weighted by Gasteiger charge is -2.27. The van der Waals surface area contributed by atoms with E-state index in [1.54, 1.807) is 6.26 Å². The Morgan fingerprint density at radius 2 is 1.95 bits per heavy atom. The first-order valence-electron chi connectivity index (χ1n) is 7.33. The first-order chi connectivity index (χ1) is 9.88. The molecule has 0 amide bonds. The van der Waals surface area contributed by atoms with Crippen molar-refractivity contribution in [1.29, 1.82) is 0 Å². The van der Waals surface area contributed by atoms with Gasteiger partial charge in [0, 0.05) is 18.7 Å². The molecular weight excluding hydrogens is 264 g/mol. The minimum absolute atomic E-state index is 0.199. The van der Waals surface area contributed by atoms with Crippen LogP contribution in [-0.2, 0) is 6.54 Å². The summed E-state index contributed by atoms with van der Waals surface area (Å²) in [6.45, 7) is 9.01. The van der Waals surface area contributed by atoms with E-state index in [2.05, 4.69) is 17.2 Å². The average Bonchev–Trinajstić information content (AvgIpc) is 2.88. The van der Waals surface area contributed by atoms with Crippen LogP contribution >= 0.6 is 0 Å². The van der Waals surface area contributed by atoms with E-state index in [-0.39, 0.29) is 5.92 Å². The fourth-order valence-electron chi connectivity index (χ4n) is 1.86. The van der Waals surface area contributed by atoms with Crippen molar-refractivity contribution in [2.75, 3.05) is 6.54 Å². The topological polar surface area (TPSA) is 58.3 Å². The summed E-state index contributed by atoms with van der Waals surface area (Å²) in [6, 6.07) is 8.08. The average molecular weight is 288 g/mol. The van der Waals surface area contributed by atoms with E-state index < -0.39 is 5.60 Å². The molecule has 0 radical (unpaired) electrons. The van der Waals surface area contributed by atoms with Gasteiger partial charge in [0.05, 0.1) is 11.3 Å². The molecule has 0 fully saturated rings. The van der Waals surface area contributed by atoms with E-state index in [0.29, 0.717) is 19.0 Å². The Hall–Kier alpha value is -1.65. The van der Waals surface area contributed by atoms with E-state index >= 15 is 0 Å². The van der Waals surface area contributed by atoms with Crippen molar-refractivity contribution in [3.63, 3.8) is 0 Å². The Labute approximate surface area is 126 Å². The third-order valence-corrected chi connectivity index (χ3v) is 3.88. The second-order valence-electron chi connectivity index (χ2n) is 6.13. The molecular formula is C17H24N2O2. The highest BCUT2D eigenvalue weighted by Gasteiger charge is 2.24. The van der Waals surface area contributed by atoms with Gasteiger partial charge in [0.25, 0.3) is 0 Å². The minimum Gasteiger partial charge on any atom is -0.444 e. The van der Waals surface area contributed by atoms with Gasteiger partial charge < -0.3 is 14.8 Å². The molecule has 4 nitrogen and oxygen atoms in total. The Morgan fingerprint density at radius 3 is 2.57 bits per heavy atom. The molecule has 2 rings (SSSR count). The minimum atomic E-state index is -0.719. The number of oxazole rings is 1. The van der Waals surface area contributed by atoms with Crippen LogP contribution in [0.1, 0.15) is 32.0 Å². The molecule has 114 valence electrons. The Bertz CT molecular complexity index is 571. The summed E-state index contributed by atoms with van der Waals surface area (Å²) in [6.07, 6.45) is 1.66. The summed E-state index contributed by atoms with van der Waals surface area (Å²) in [5.74, 6) is 0.827. The molecule has 0 saturated heterocycles. The largest absolute Gasteiger partial charge is 0.444 e. The molecule has 0 spiro atoms. The van der Waals surface area contributed by atoms with Crippen LogP contribution in [-0.4, -0.2) is 22.2 Å². The van der Waals surface area contributed by atoms with Gasteiger partial charge in [0.15, 0.2) is 0 Å². The SMILES string of the molecule is Cc1ccc(-c2nc(CNCC(C)(O)C(C)C)co2)cc1. The third kappa shape index (κ3) is 4.16. The van der Waals surface area contributed by atoms with Gasteiger partial charge in [-0.2, -0.15) is 0 Å². The molecule has 1 aromatic carbocycles. The van der Waals surface area contributed by atoms with Crippen LogP contribution in [0.15, 0.2) is 34.9 Å². The highest BCUT2D eigenvalue weighted by atomic mass is 16.3. The van der Waals surface area contributed by atoms with Crippen LogP contribution in [0.25, 0.3) is 11.5 Å². The predicted octanol–water partition coefficient (Wildman–Crippen LogP) is 3.15. The molecule has 2 aromatic rings. The van der Waals surface area contributed by atoms with Gasteiger partial charge in [-0.05, 0) is 31.9 Å². The van der Waals surface area contributed by atoms with Crippen LogP contribution in [0.3, 0.4) is 0 Å². The van der Waals surface area contributed by atoms with Crippen molar-refractivity contribution in [3.05, 3.63) is 41.8 Å². The molecule has 2 N–H and O–H groups in total. The number of aryl methyl sites for hydroxylation is 1. The van der Waals surface area contributed by atoms with Crippen LogP contribution in [0, 0.1) is 12.8 Å². The molecule has 4 heteroatoms. The third-order valence-electron chi connectivity index (χ3n) is 3.88. The Kier molecular flexibility index (Phi) is 4.80. The highest BCUT2D eigenvalue weighted by molar-refractivity contribution is 5.53. The quantitative estimate of drug-likeness (QED) is 0.857. The van der Waals surface area contributed by atoms with Crippen molar-refractivity contribution >= 4 is 0 Å². The lowest BCUT2D eigenvalue weighted by atomic mass is 9.92. The molecule has 0 saturated carbocycles. The smallest absolute Gasteiger partial charge is 0.226 e. The molecule has 21 heavy (non-hydrogen) atoms. The standard InChI is InChI=1S/C17H24N2O2/c1-12(2)17(4,20)11-18-9-15-10-21-16(19-15)14-7-5-13(3)6-8-14/h5-8,10,12,18,20H,9,11H2,1-4H3. The number of aromatic nitrogens is 1. The maximum atomic E-state index is 10.2. The van der Waals surface area contributed by atoms with Gasteiger partial charge in [-0.3, -0.25) is 0 Å². The van der Waals surface area contributed by atoms with Crippen LogP contribution in [0.4, 0.5) is 0 Å². The molecule has 1 aromatic heterocycles. The zero-order valence-electron chi connectivity index (χ0n) is 13.2. The van der Waals surface area contributed by atoms with E-state index in [1.807, 2.05) is 45.0 Å². The zero-order valence-corrected chi connectivity index (χ0v) is 13.2.